The summed E-state index contributed by atoms with van der Waals surface area (Å²) in [7, 11) is 0. The fourth-order valence-electron chi connectivity index (χ4n) is 2.07. The number of carbonyl (C=O) groups excluding carboxylic acids is 1. The van der Waals surface area contributed by atoms with E-state index in [0.29, 0.717) is 0 Å². The summed E-state index contributed by atoms with van der Waals surface area (Å²) in [5.41, 5.74) is 2.02. The Morgan fingerprint density at radius 2 is 2.00 bits per heavy atom. The molecule has 1 aliphatic carbocycles. The number of amides is 1. The molecule has 2 atom stereocenters. The second-order valence-electron chi connectivity index (χ2n) is 5.62. The van der Waals surface area contributed by atoms with Crippen LogP contribution in [0.15, 0.2) is 24.3 Å². The molecule has 1 amide bonds. The Kier molecular flexibility index (Phi) is 3.17. The molecule has 0 saturated carbocycles. The van der Waals surface area contributed by atoms with E-state index >= 15 is 0 Å². The van der Waals surface area contributed by atoms with Crippen molar-refractivity contribution in [3.05, 3.63) is 35.4 Å². The SMILES string of the molecule is CC(C)(C)C(=O)NC1c2ccccc2CC1Cl. The molecule has 0 aromatic heterocycles. The Balaban J connectivity index is 2.20. The molecule has 1 N–H and O–H groups in total. The number of hydrogen-bond donors (Lipinski definition) is 1. The number of halogens is 1. The van der Waals surface area contributed by atoms with Crippen molar-refractivity contribution >= 4 is 17.5 Å². The van der Waals surface area contributed by atoms with E-state index < -0.39 is 0 Å². The minimum Gasteiger partial charge on any atom is -0.347 e. The van der Waals surface area contributed by atoms with E-state index in [1.165, 1.54) is 5.56 Å². The van der Waals surface area contributed by atoms with Gasteiger partial charge >= 0.3 is 0 Å². The summed E-state index contributed by atoms with van der Waals surface area (Å²) in [6, 6.07) is 8.07. The Morgan fingerprint density at radius 1 is 1.35 bits per heavy atom. The third-order valence-corrected chi connectivity index (χ3v) is 3.54. The predicted octanol–water partition coefficient (Wildman–Crippen LogP) is 3.05. The number of carbonyl (C=O) groups is 1. The summed E-state index contributed by atoms with van der Waals surface area (Å²) < 4.78 is 0. The van der Waals surface area contributed by atoms with Crippen molar-refractivity contribution in [1.29, 1.82) is 0 Å². The van der Waals surface area contributed by atoms with E-state index in [4.69, 9.17) is 11.6 Å². The largest absolute Gasteiger partial charge is 0.347 e. The summed E-state index contributed by atoms with van der Waals surface area (Å²) in [6.07, 6.45) is 0.826. The van der Waals surface area contributed by atoms with Gasteiger partial charge in [-0.25, -0.2) is 0 Å². The van der Waals surface area contributed by atoms with Gasteiger partial charge in [-0.3, -0.25) is 4.79 Å². The van der Waals surface area contributed by atoms with Crippen LogP contribution in [0.5, 0.6) is 0 Å². The lowest BCUT2D eigenvalue weighted by Crippen LogP contribution is -2.39. The van der Waals surface area contributed by atoms with Gasteiger partial charge < -0.3 is 5.32 Å². The summed E-state index contributed by atoms with van der Waals surface area (Å²) >= 11 is 6.32. The molecule has 2 rings (SSSR count). The molecule has 0 heterocycles. The molecule has 0 bridgehead atoms. The van der Waals surface area contributed by atoms with Crippen LogP contribution in [0, 0.1) is 5.41 Å². The van der Waals surface area contributed by atoms with Crippen LogP contribution in [0.2, 0.25) is 0 Å². The van der Waals surface area contributed by atoms with Gasteiger partial charge in [-0.1, -0.05) is 45.0 Å². The number of alkyl halides is 1. The van der Waals surface area contributed by atoms with Crippen LogP contribution in [-0.2, 0) is 11.2 Å². The minimum absolute atomic E-state index is 0.0429. The smallest absolute Gasteiger partial charge is 0.225 e. The molecule has 0 fully saturated rings. The maximum atomic E-state index is 12.0. The van der Waals surface area contributed by atoms with Gasteiger partial charge in [0.25, 0.3) is 0 Å². The summed E-state index contributed by atoms with van der Waals surface area (Å²) in [4.78, 5) is 12.0. The number of benzene rings is 1. The van der Waals surface area contributed by atoms with Crippen LogP contribution < -0.4 is 5.32 Å². The van der Waals surface area contributed by atoms with Crippen LogP contribution in [0.3, 0.4) is 0 Å². The monoisotopic (exact) mass is 251 g/mol. The van der Waals surface area contributed by atoms with E-state index in [1.807, 2.05) is 39.0 Å². The Morgan fingerprint density at radius 3 is 2.65 bits per heavy atom. The topological polar surface area (TPSA) is 29.1 Å². The van der Waals surface area contributed by atoms with E-state index in [1.54, 1.807) is 0 Å². The zero-order valence-corrected chi connectivity index (χ0v) is 11.2. The number of rotatable bonds is 1. The molecule has 2 nitrogen and oxygen atoms in total. The molecule has 0 saturated heterocycles. The highest BCUT2D eigenvalue weighted by molar-refractivity contribution is 6.21. The maximum Gasteiger partial charge on any atom is 0.225 e. The van der Waals surface area contributed by atoms with Crippen LogP contribution in [-0.4, -0.2) is 11.3 Å². The van der Waals surface area contributed by atoms with E-state index in [2.05, 4.69) is 11.4 Å². The quantitative estimate of drug-likeness (QED) is 0.764. The van der Waals surface area contributed by atoms with Crippen molar-refractivity contribution in [3.63, 3.8) is 0 Å². The molecule has 0 aliphatic heterocycles. The lowest BCUT2D eigenvalue weighted by molar-refractivity contribution is -0.129. The van der Waals surface area contributed by atoms with Crippen molar-refractivity contribution in [1.82, 2.24) is 5.32 Å². The average Bonchev–Trinajstić information content (AvgIpc) is 2.54. The third kappa shape index (κ3) is 2.47. The summed E-state index contributed by atoms with van der Waals surface area (Å²) in [5, 5.41) is 3.01. The highest BCUT2D eigenvalue weighted by Gasteiger charge is 2.34. The van der Waals surface area contributed by atoms with E-state index in [0.717, 1.165) is 12.0 Å². The van der Waals surface area contributed by atoms with E-state index in [9.17, 15) is 4.79 Å². The van der Waals surface area contributed by atoms with E-state index in [-0.39, 0.29) is 22.7 Å². The predicted molar refractivity (Wildman–Crippen MR) is 70.1 cm³/mol. The second kappa shape index (κ2) is 4.34. The highest BCUT2D eigenvalue weighted by atomic mass is 35.5. The molecule has 17 heavy (non-hydrogen) atoms. The Bertz CT molecular complexity index is 436. The van der Waals surface area contributed by atoms with Gasteiger partial charge in [0.15, 0.2) is 0 Å². The van der Waals surface area contributed by atoms with Gasteiger partial charge in [0.1, 0.15) is 0 Å². The van der Waals surface area contributed by atoms with Crippen LogP contribution >= 0.6 is 11.6 Å². The molecule has 1 aromatic carbocycles. The minimum atomic E-state index is -0.381. The zero-order valence-electron chi connectivity index (χ0n) is 10.5. The van der Waals surface area contributed by atoms with Crippen LogP contribution in [0.4, 0.5) is 0 Å². The fourth-order valence-corrected chi connectivity index (χ4v) is 2.44. The van der Waals surface area contributed by atoms with Crippen molar-refractivity contribution < 1.29 is 4.79 Å². The Hall–Kier alpha value is -1.02. The second-order valence-corrected chi connectivity index (χ2v) is 6.18. The first-order valence-electron chi connectivity index (χ1n) is 5.92. The van der Waals surface area contributed by atoms with Crippen molar-refractivity contribution in [2.75, 3.05) is 0 Å². The Labute approximate surface area is 107 Å². The molecule has 2 unspecified atom stereocenters. The molecule has 0 radical (unpaired) electrons. The lowest BCUT2D eigenvalue weighted by Gasteiger charge is -2.24. The molecule has 92 valence electrons. The third-order valence-electron chi connectivity index (χ3n) is 3.13. The summed E-state index contributed by atoms with van der Waals surface area (Å²) in [6.45, 7) is 5.73. The standard InChI is InChI=1S/C14H18ClNO/c1-14(2,3)13(17)16-12-10-7-5-4-6-9(10)8-11(12)15/h4-7,11-12H,8H2,1-3H3,(H,16,17). The molecular formula is C14H18ClNO. The van der Waals surface area contributed by atoms with Gasteiger partial charge in [0, 0.05) is 5.41 Å². The van der Waals surface area contributed by atoms with Crippen molar-refractivity contribution in [2.24, 2.45) is 5.41 Å². The molecule has 1 aliphatic rings. The first-order valence-corrected chi connectivity index (χ1v) is 6.36. The number of nitrogens with one attached hydrogen (secondary N) is 1. The lowest BCUT2D eigenvalue weighted by atomic mass is 9.94. The fraction of sp³-hybridized carbons (Fsp3) is 0.500. The summed E-state index contributed by atoms with van der Waals surface area (Å²) in [5.74, 6) is 0.0462. The van der Waals surface area contributed by atoms with Crippen molar-refractivity contribution in [3.8, 4) is 0 Å². The van der Waals surface area contributed by atoms with Crippen LogP contribution in [0.1, 0.15) is 37.9 Å². The van der Waals surface area contributed by atoms with Gasteiger partial charge in [-0.05, 0) is 17.5 Å². The van der Waals surface area contributed by atoms with Crippen LogP contribution in [0.25, 0.3) is 0 Å². The maximum absolute atomic E-state index is 12.0. The number of fused-ring (bicyclic) bond motifs is 1. The number of hydrogen-bond acceptors (Lipinski definition) is 1. The molecule has 3 heteroatoms. The van der Waals surface area contributed by atoms with Crippen molar-refractivity contribution in [2.45, 2.75) is 38.6 Å². The molecule has 0 spiro atoms. The molecular weight excluding hydrogens is 234 g/mol. The van der Waals surface area contributed by atoms with Gasteiger partial charge in [-0.2, -0.15) is 0 Å². The first-order chi connectivity index (χ1) is 7.89. The van der Waals surface area contributed by atoms with Gasteiger partial charge in [0.2, 0.25) is 5.91 Å². The molecule has 1 aromatic rings. The zero-order chi connectivity index (χ0) is 12.6. The average molecular weight is 252 g/mol. The van der Waals surface area contributed by atoms with Gasteiger partial charge in [-0.15, -0.1) is 11.6 Å². The normalized spacial score (nSPS) is 23.3. The van der Waals surface area contributed by atoms with Gasteiger partial charge in [0.05, 0.1) is 11.4 Å². The first kappa shape index (κ1) is 12.4. The highest BCUT2D eigenvalue weighted by Crippen LogP contribution is 2.35.